The van der Waals surface area contributed by atoms with E-state index in [9.17, 15) is 13.2 Å². The highest BCUT2D eigenvalue weighted by molar-refractivity contribution is 7.10. The fourth-order valence-corrected chi connectivity index (χ4v) is 2.84. The molecule has 0 aliphatic carbocycles. The zero-order valence-electron chi connectivity index (χ0n) is 9.37. The van der Waals surface area contributed by atoms with Gasteiger partial charge in [-0.15, -0.1) is 0 Å². The lowest BCUT2D eigenvalue weighted by atomic mass is 9.96. The highest BCUT2D eigenvalue weighted by Gasteiger charge is 2.41. The molecule has 4 nitrogen and oxygen atoms in total. The Morgan fingerprint density at radius 1 is 1.39 bits per heavy atom. The van der Waals surface area contributed by atoms with Gasteiger partial charge in [0, 0.05) is 13.1 Å². The maximum atomic E-state index is 12.5. The van der Waals surface area contributed by atoms with Gasteiger partial charge in [-0.05, 0) is 24.4 Å². The van der Waals surface area contributed by atoms with Crippen LogP contribution in [0.2, 0.25) is 0 Å². The summed E-state index contributed by atoms with van der Waals surface area (Å²) in [6.07, 6.45) is -4.03. The number of hydrogen-bond donors (Lipinski definition) is 1. The van der Waals surface area contributed by atoms with Crippen molar-refractivity contribution in [2.45, 2.75) is 19.0 Å². The van der Waals surface area contributed by atoms with Crippen molar-refractivity contribution in [3.05, 3.63) is 5.56 Å². The van der Waals surface area contributed by atoms with E-state index in [2.05, 4.69) is 4.37 Å². The summed E-state index contributed by atoms with van der Waals surface area (Å²) in [6.45, 7) is 0.557. The van der Waals surface area contributed by atoms with Crippen molar-refractivity contribution < 1.29 is 13.2 Å². The quantitative estimate of drug-likeness (QED) is 0.855. The minimum Gasteiger partial charge on any atom is -0.382 e. The molecule has 1 aliphatic heterocycles. The van der Waals surface area contributed by atoms with Crippen molar-refractivity contribution >= 4 is 22.4 Å². The number of nitrogen functional groups attached to an aromatic ring is 1. The molecular weight excluding hydrogens is 265 g/mol. The molecule has 2 heterocycles. The molecule has 0 aromatic carbocycles. The molecule has 0 radical (unpaired) electrons. The molecule has 2 rings (SSSR count). The molecule has 0 unspecified atom stereocenters. The number of nitrogens with zero attached hydrogens (tertiary/aromatic N) is 3. The van der Waals surface area contributed by atoms with Gasteiger partial charge in [-0.3, -0.25) is 0 Å². The van der Waals surface area contributed by atoms with Crippen LogP contribution in [-0.2, 0) is 0 Å². The molecule has 0 spiro atoms. The van der Waals surface area contributed by atoms with E-state index >= 15 is 0 Å². The fraction of sp³-hybridized carbons (Fsp3) is 0.600. The van der Waals surface area contributed by atoms with Gasteiger partial charge in [0.05, 0.1) is 5.92 Å². The van der Waals surface area contributed by atoms with Crippen molar-refractivity contribution in [3.63, 3.8) is 0 Å². The van der Waals surface area contributed by atoms with Gasteiger partial charge in [0.1, 0.15) is 16.6 Å². The predicted molar refractivity (Wildman–Crippen MR) is 62.2 cm³/mol. The molecule has 18 heavy (non-hydrogen) atoms. The molecule has 98 valence electrons. The number of alkyl halides is 3. The topological polar surface area (TPSA) is 65.9 Å². The lowest BCUT2D eigenvalue weighted by Crippen LogP contribution is -2.38. The number of nitrogens with two attached hydrogens (primary N) is 1. The lowest BCUT2D eigenvalue weighted by molar-refractivity contribution is -0.179. The van der Waals surface area contributed by atoms with E-state index in [1.165, 1.54) is 0 Å². The molecule has 0 bridgehead atoms. The summed E-state index contributed by atoms with van der Waals surface area (Å²) in [5.41, 5.74) is 5.79. The molecule has 0 atom stereocenters. The number of aromatic nitrogens is 1. The van der Waals surface area contributed by atoms with Crippen molar-refractivity contribution in [2.24, 2.45) is 5.92 Å². The second-order valence-corrected chi connectivity index (χ2v) is 4.91. The Bertz CT molecular complexity index is 468. The number of nitriles is 1. The maximum Gasteiger partial charge on any atom is 0.391 e. The molecule has 1 aliphatic rings. The summed E-state index contributed by atoms with van der Waals surface area (Å²) in [6, 6.07) is 1.94. The zero-order chi connectivity index (χ0) is 13.3. The summed E-state index contributed by atoms with van der Waals surface area (Å²) in [5.74, 6) is -1.10. The Morgan fingerprint density at radius 2 is 2.00 bits per heavy atom. The summed E-state index contributed by atoms with van der Waals surface area (Å²) in [7, 11) is 0. The van der Waals surface area contributed by atoms with E-state index in [-0.39, 0.29) is 37.3 Å². The van der Waals surface area contributed by atoms with Gasteiger partial charge in [-0.2, -0.15) is 22.8 Å². The third kappa shape index (κ3) is 2.36. The lowest BCUT2D eigenvalue weighted by Gasteiger charge is -2.33. The minimum absolute atomic E-state index is 0.0478. The Kier molecular flexibility index (Phi) is 3.34. The summed E-state index contributed by atoms with van der Waals surface area (Å²) in [5, 5.41) is 9.51. The first kappa shape index (κ1) is 13.0. The Balaban J connectivity index is 2.09. The van der Waals surface area contributed by atoms with Crippen molar-refractivity contribution in [1.29, 1.82) is 5.26 Å². The molecule has 1 saturated heterocycles. The maximum absolute atomic E-state index is 12.5. The van der Waals surface area contributed by atoms with E-state index in [0.29, 0.717) is 5.00 Å². The first-order valence-electron chi connectivity index (χ1n) is 5.40. The molecule has 8 heteroatoms. The smallest absolute Gasteiger partial charge is 0.382 e. The van der Waals surface area contributed by atoms with Crippen LogP contribution in [0.15, 0.2) is 0 Å². The van der Waals surface area contributed by atoms with Crippen molar-refractivity contribution in [2.75, 3.05) is 23.7 Å². The van der Waals surface area contributed by atoms with Gasteiger partial charge < -0.3 is 10.6 Å². The average molecular weight is 276 g/mol. The SMILES string of the molecule is N#Cc1c(N)nsc1N1CCC(C(F)(F)F)CC1. The third-order valence-electron chi connectivity index (χ3n) is 3.06. The number of hydrogen-bond acceptors (Lipinski definition) is 5. The first-order chi connectivity index (χ1) is 8.43. The van der Waals surface area contributed by atoms with Crippen LogP contribution in [0.25, 0.3) is 0 Å². The molecule has 1 aromatic rings. The van der Waals surface area contributed by atoms with Crippen LogP contribution in [-0.4, -0.2) is 23.6 Å². The average Bonchev–Trinajstić information content (AvgIpc) is 2.69. The monoisotopic (exact) mass is 276 g/mol. The number of piperidine rings is 1. The highest BCUT2D eigenvalue weighted by Crippen LogP contribution is 2.37. The van der Waals surface area contributed by atoms with Gasteiger partial charge >= 0.3 is 6.18 Å². The van der Waals surface area contributed by atoms with Gasteiger partial charge in [0.2, 0.25) is 0 Å². The van der Waals surface area contributed by atoms with Gasteiger partial charge in [-0.1, -0.05) is 0 Å². The van der Waals surface area contributed by atoms with E-state index in [1.807, 2.05) is 6.07 Å². The van der Waals surface area contributed by atoms with Gasteiger partial charge in [0.15, 0.2) is 5.82 Å². The van der Waals surface area contributed by atoms with Gasteiger partial charge in [-0.25, -0.2) is 0 Å². The minimum atomic E-state index is -4.13. The van der Waals surface area contributed by atoms with Crippen LogP contribution < -0.4 is 10.6 Å². The number of halogens is 3. The number of rotatable bonds is 1. The summed E-state index contributed by atoms with van der Waals surface area (Å²) in [4.78, 5) is 1.76. The standard InChI is InChI=1S/C10H11F3N4S/c11-10(12,13)6-1-3-17(4-2-6)9-7(5-14)8(15)16-18-9/h6H,1-4H2,(H2,15,16). The van der Waals surface area contributed by atoms with Crippen LogP contribution >= 0.6 is 11.5 Å². The van der Waals surface area contributed by atoms with Crippen molar-refractivity contribution in [3.8, 4) is 6.07 Å². The predicted octanol–water partition coefficient (Wildman–Crippen LogP) is 2.38. The van der Waals surface area contributed by atoms with E-state index in [1.54, 1.807) is 4.90 Å². The summed E-state index contributed by atoms with van der Waals surface area (Å²) < 4.78 is 41.4. The van der Waals surface area contributed by atoms with E-state index in [4.69, 9.17) is 11.0 Å². The fourth-order valence-electron chi connectivity index (χ4n) is 2.02. The van der Waals surface area contributed by atoms with Crippen LogP contribution in [0.5, 0.6) is 0 Å². The molecule has 0 saturated carbocycles. The van der Waals surface area contributed by atoms with E-state index < -0.39 is 12.1 Å². The van der Waals surface area contributed by atoms with Crippen molar-refractivity contribution in [1.82, 2.24) is 4.37 Å². The van der Waals surface area contributed by atoms with Crippen LogP contribution in [0.1, 0.15) is 18.4 Å². The molecule has 1 fully saturated rings. The third-order valence-corrected chi connectivity index (χ3v) is 3.98. The molecule has 2 N–H and O–H groups in total. The first-order valence-corrected chi connectivity index (χ1v) is 6.17. The Hall–Kier alpha value is -1.49. The largest absolute Gasteiger partial charge is 0.391 e. The van der Waals surface area contributed by atoms with E-state index in [0.717, 1.165) is 11.5 Å². The Morgan fingerprint density at radius 3 is 2.50 bits per heavy atom. The zero-order valence-corrected chi connectivity index (χ0v) is 10.2. The number of anilines is 2. The highest BCUT2D eigenvalue weighted by atomic mass is 32.1. The van der Waals surface area contributed by atoms with Crippen LogP contribution in [0.4, 0.5) is 24.0 Å². The van der Waals surface area contributed by atoms with Gasteiger partial charge in [0.25, 0.3) is 0 Å². The second-order valence-electron chi connectivity index (χ2n) is 4.16. The van der Waals surface area contributed by atoms with Crippen LogP contribution in [0, 0.1) is 17.2 Å². The van der Waals surface area contributed by atoms with Crippen LogP contribution in [0.3, 0.4) is 0 Å². The normalized spacial score (nSPS) is 17.8. The molecule has 1 aromatic heterocycles. The summed E-state index contributed by atoms with van der Waals surface area (Å²) >= 11 is 1.06. The Labute approximate surface area is 106 Å². The second kappa shape index (κ2) is 4.65. The molecular formula is C10H11F3N4S. The molecule has 0 amide bonds.